The Hall–Kier alpha value is -0.770. The van der Waals surface area contributed by atoms with E-state index in [9.17, 15) is 8.42 Å². The van der Waals surface area contributed by atoms with Gasteiger partial charge >= 0.3 is 0 Å². The Morgan fingerprint density at radius 3 is 2.53 bits per heavy atom. The highest BCUT2D eigenvalue weighted by Crippen LogP contribution is 2.34. The summed E-state index contributed by atoms with van der Waals surface area (Å²) in [7, 11) is 2.50. The van der Waals surface area contributed by atoms with Crippen molar-refractivity contribution in [2.75, 3.05) is 7.11 Å². The van der Waals surface area contributed by atoms with Crippen LogP contribution in [-0.4, -0.2) is 15.5 Å². The van der Waals surface area contributed by atoms with Crippen molar-refractivity contribution >= 4 is 35.7 Å². The van der Waals surface area contributed by atoms with Gasteiger partial charge in [-0.1, -0.05) is 0 Å². The average molecular weight is 311 g/mol. The zero-order valence-corrected chi connectivity index (χ0v) is 10.6. The first kappa shape index (κ1) is 12.3. The molecule has 0 amide bonds. The quantitative estimate of drug-likeness (QED) is 0.786. The third-order valence-electron chi connectivity index (χ3n) is 1.65. The Kier molecular flexibility index (Phi) is 3.60. The molecule has 0 atom stereocenters. The number of rotatable bonds is 2. The summed E-state index contributed by atoms with van der Waals surface area (Å²) in [6.07, 6.45) is 0. The van der Waals surface area contributed by atoms with Crippen LogP contribution in [0.1, 0.15) is 5.56 Å². The van der Waals surface area contributed by atoms with E-state index in [2.05, 4.69) is 15.9 Å². The Morgan fingerprint density at radius 2 is 2.13 bits per heavy atom. The second kappa shape index (κ2) is 4.39. The largest absolute Gasteiger partial charge is 0.495 e. The average Bonchev–Trinajstić information content (AvgIpc) is 2.15. The van der Waals surface area contributed by atoms with E-state index >= 15 is 0 Å². The highest BCUT2D eigenvalue weighted by molar-refractivity contribution is 9.10. The van der Waals surface area contributed by atoms with E-state index < -0.39 is 9.05 Å². The van der Waals surface area contributed by atoms with Gasteiger partial charge in [0, 0.05) is 15.2 Å². The lowest BCUT2D eigenvalue weighted by molar-refractivity contribution is 0.402. The smallest absolute Gasteiger partial charge is 0.266 e. The molecular weight excluding hydrogens is 306 g/mol. The van der Waals surface area contributed by atoms with Crippen molar-refractivity contribution in [3.8, 4) is 11.8 Å². The van der Waals surface area contributed by atoms with Crippen LogP contribution in [0.5, 0.6) is 5.75 Å². The highest BCUT2D eigenvalue weighted by atomic mass is 79.9. The lowest BCUT2D eigenvalue weighted by atomic mass is 10.2. The van der Waals surface area contributed by atoms with Gasteiger partial charge < -0.3 is 4.74 Å². The molecule has 0 aliphatic heterocycles. The van der Waals surface area contributed by atoms with E-state index in [-0.39, 0.29) is 16.2 Å². The van der Waals surface area contributed by atoms with E-state index in [1.54, 1.807) is 6.07 Å². The van der Waals surface area contributed by atoms with E-state index in [1.165, 1.54) is 19.2 Å². The summed E-state index contributed by atoms with van der Waals surface area (Å²) in [6, 6.07) is 4.69. The Balaban J connectivity index is 3.73. The Morgan fingerprint density at radius 1 is 1.53 bits per heavy atom. The Bertz CT molecular complexity index is 536. The molecule has 0 bridgehead atoms. The van der Waals surface area contributed by atoms with Crippen LogP contribution in [0, 0.1) is 11.3 Å². The third-order valence-corrected chi connectivity index (χ3v) is 3.66. The first-order valence-corrected chi connectivity index (χ1v) is 6.73. The van der Waals surface area contributed by atoms with Crippen molar-refractivity contribution in [3.05, 3.63) is 22.2 Å². The number of hydrogen-bond donors (Lipinski definition) is 0. The van der Waals surface area contributed by atoms with Gasteiger partial charge in [-0.15, -0.1) is 0 Å². The van der Waals surface area contributed by atoms with Gasteiger partial charge in [-0.05, 0) is 28.1 Å². The summed E-state index contributed by atoms with van der Waals surface area (Å²) in [5, 5.41) is 8.82. The predicted molar refractivity (Wildman–Crippen MR) is 58.4 cm³/mol. The molecule has 4 nitrogen and oxygen atoms in total. The number of ether oxygens (including phenoxy) is 1. The van der Waals surface area contributed by atoms with Crippen LogP contribution in [0.25, 0.3) is 0 Å². The normalized spacial score (nSPS) is 10.8. The van der Waals surface area contributed by atoms with Gasteiger partial charge in [0.1, 0.15) is 16.7 Å². The van der Waals surface area contributed by atoms with Crippen molar-refractivity contribution in [3.63, 3.8) is 0 Å². The second-order valence-corrected chi connectivity index (χ2v) is 5.86. The van der Waals surface area contributed by atoms with Crippen molar-refractivity contribution in [1.29, 1.82) is 5.26 Å². The summed E-state index contributed by atoms with van der Waals surface area (Å²) in [5.41, 5.74) is -0.0654. The zero-order valence-electron chi connectivity index (χ0n) is 7.49. The number of halogens is 2. The topological polar surface area (TPSA) is 67.2 Å². The van der Waals surface area contributed by atoms with Gasteiger partial charge in [-0.25, -0.2) is 8.42 Å². The van der Waals surface area contributed by atoms with Crippen LogP contribution >= 0.6 is 26.6 Å². The molecule has 0 heterocycles. The molecule has 0 radical (unpaired) electrons. The first-order chi connectivity index (χ1) is 6.91. The maximum Gasteiger partial charge on any atom is 0.266 e. The summed E-state index contributed by atoms with van der Waals surface area (Å²) in [4.78, 5) is -0.316. The summed E-state index contributed by atoms with van der Waals surface area (Å²) >= 11 is 3.06. The minimum absolute atomic E-state index is 0.0461. The molecule has 0 fully saturated rings. The molecule has 7 heteroatoms. The fourth-order valence-corrected chi connectivity index (χ4v) is 2.85. The number of benzene rings is 1. The number of nitriles is 1. The molecule has 80 valence electrons. The van der Waals surface area contributed by atoms with Gasteiger partial charge in [-0.3, -0.25) is 0 Å². The van der Waals surface area contributed by atoms with Crippen LogP contribution in [0.4, 0.5) is 0 Å². The lowest BCUT2D eigenvalue weighted by Crippen LogP contribution is -2.00. The molecule has 1 aromatic carbocycles. The van der Waals surface area contributed by atoms with Gasteiger partial charge in [-0.2, -0.15) is 5.26 Å². The molecule has 0 saturated heterocycles. The maximum absolute atomic E-state index is 11.3. The minimum atomic E-state index is -4.02. The third kappa shape index (κ3) is 2.43. The minimum Gasteiger partial charge on any atom is -0.495 e. The number of methoxy groups -OCH3 is 1. The van der Waals surface area contributed by atoms with Crippen LogP contribution in [-0.2, 0) is 9.05 Å². The molecule has 0 saturated carbocycles. The van der Waals surface area contributed by atoms with E-state index in [4.69, 9.17) is 20.7 Å². The predicted octanol–water partition coefficient (Wildman–Crippen LogP) is 2.26. The van der Waals surface area contributed by atoms with Crippen LogP contribution in [0.15, 0.2) is 21.5 Å². The fraction of sp³-hybridized carbons (Fsp3) is 0.125. The Labute approximate surface area is 100.0 Å². The van der Waals surface area contributed by atoms with Gasteiger partial charge in [0.25, 0.3) is 9.05 Å². The van der Waals surface area contributed by atoms with E-state index in [0.717, 1.165) is 0 Å². The lowest BCUT2D eigenvalue weighted by Gasteiger charge is -2.07. The van der Waals surface area contributed by atoms with Crippen LogP contribution in [0.2, 0.25) is 0 Å². The van der Waals surface area contributed by atoms with Gasteiger partial charge in [0.05, 0.1) is 12.7 Å². The standard InChI is InChI=1S/C8H5BrClNO3S/c1-14-7-3-2-6(9)5(4-11)8(7)15(10,12)13/h2-3H,1H3. The van der Waals surface area contributed by atoms with Crippen molar-refractivity contribution in [2.24, 2.45) is 0 Å². The summed E-state index contributed by atoms with van der Waals surface area (Å²) in [5.74, 6) is 0.0461. The summed E-state index contributed by atoms with van der Waals surface area (Å²) < 4.78 is 27.7. The molecule has 0 unspecified atom stereocenters. The molecule has 0 spiro atoms. The molecule has 0 N–H and O–H groups in total. The number of nitrogens with zero attached hydrogens (tertiary/aromatic N) is 1. The second-order valence-electron chi connectivity index (χ2n) is 2.50. The molecule has 0 aliphatic carbocycles. The van der Waals surface area contributed by atoms with Crippen molar-refractivity contribution in [1.82, 2.24) is 0 Å². The molecule has 15 heavy (non-hydrogen) atoms. The maximum atomic E-state index is 11.3. The zero-order chi connectivity index (χ0) is 11.6. The van der Waals surface area contributed by atoms with Crippen LogP contribution < -0.4 is 4.74 Å². The van der Waals surface area contributed by atoms with Crippen LogP contribution in [0.3, 0.4) is 0 Å². The fourth-order valence-electron chi connectivity index (χ4n) is 1.05. The molecule has 0 aromatic heterocycles. The van der Waals surface area contributed by atoms with Gasteiger partial charge in [0.2, 0.25) is 0 Å². The van der Waals surface area contributed by atoms with E-state index in [0.29, 0.717) is 4.47 Å². The highest BCUT2D eigenvalue weighted by Gasteiger charge is 2.23. The van der Waals surface area contributed by atoms with Crippen molar-refractivity contribution < 1.29 is 13.2 Å². The monoisotopic (exact) mass is 309 g/mol. The number of hydrogen-bond acceptors (Lipinski definition) is 4. The molecular formula is C8H5BrClNO3S. The van der Waals surface area contributed by atoms with Crippen molar-refractivity contribution in [2.45, 2.75) is 4.90 Å². The first-order valence-electron chi connectivity index (χ1n) is 3.63. The molecule has 1 aromatic rings. The molecule has 0 aliphatic rings. The van der Waals surface area contributed by atoms with E-state index in [1.807, 2.05) is 0 Å². The SMILES string of the molecule is COc1ccc(Br)c(C#N)c1S(=O)(=O)Cl. The summed E-state index contributed by atoms with van der Waals surface area (Å²) in [6.45, 7) is 0. The van der Waals surface area contributed by atoms with Gasteiger partial charge in [0.15, 0.2) is 0 Å². The molecule has 1 rings (SSSR count).